The van der Waals surface area contributed by atoms with E-state index in [-0.39, 0.29) is 0 Å². The van der Waals surface area contributed by atoms with Crippen LogP contribution in [-0.2, 0) is 0 Å². The lowest BCUT2D eigenvalue weighted by Gasteiger charge is -2.28. The van der Waals surface area contributed by atoms with Gasteiger partial charge in [0.1, 0.15) is 0 Å². The molecule has 11 heavy (non-hydrogen) atoms. The summed E-state index contributed by atoms with van der Waals surface area (Å²) in [4.78, 5) is 0. The third-order valence-corrected chi connectivity index (χ3v) is 1.94. The van der Waals surface area contributed by atoms with Crippen molar-refractivity contribution in [2.45, 2.75) is 40.7 Å². The largest absolute Gasteiger partial charge is 0.316 e. The van der Waals surface area contributed by atoms with Gasteiger partial charge < -0.3 is 5.32 Å². The minimum absolute atomic E-state index is 0.330. The van der Waals surface area contributed by atoms with Crippen LogP contribution in [0.1, 0.15) is 34.6 Å². The third kappa shape index (κ3) is 6.70. The topological polar surface area (TPSA) is 12.0 Å². The van der Waals surface area contributed by atoms with Gasteiger partial charge >= 0.3 is 0 Å². The zero-order valence-electron chi connectivity index (χ0n) is 8.73. The standard InChI is InChI=1S/C7H17NS.C2H6/c1-7(2,3)6(5-9)8-4;1-2/h6,8-9H,5H2,1-4H3;1-2H3. The summed E-state index contributed by atoms with van der Waals surface area (Å²) in [6.45, 7) is 10.6. The maximum Gasteiger partial charge on any atom is 0.0201 e. The second-order valence-corrected chi connectivity index (χ2v) is 3.76. The first-order chi connectivity index (χ1) is 5.02. The molecule has 2 heteroatoms. The number of hydrogen-bond donors (Lipinski definition) is 2. The van der Waals surface area contributed by atoms with Gasteiger partial charge in [0.2, 0.25) is 0 Å². The van der Waals surface area contributed by atoms with E-state index in [0.717, 1.165) is 5.75 Å². The molecule has 70 valence electrons. The number of thiol groups is 1. The Bertz CT molecular complexity index is 72.1. The maximum atomic E-state index is 4.23. The van der Waals surface area contributed by atoms with E-state index in [9.17, 15) is 0 Å². The van der Waals surface area contributed by atoms with E-state index in [4.69, 9.17) is 0 Å². The van der Waals surface area contributed by atoms with Crippen LogP contribution in [-0.4, -0.2) is 18.8 Å². The molecule has 0 aromatic rings. The van der Waals surface area contributed by atoms with Crippen molar-refractivity contribution in [2.24, 2.45) is 5.41 Å². The Morgan fingerprint density at radius 2 is 1.64 bits per heavy atom. The minimum Gasteiger partial charge on any atom is -0.316 e. The van der Waals surface area contributed by atoms with Gasteiger partial charge in [-0.15, -0.1) is 0 Å². The molecule has 1 atom stereocenters. The lowest BCUT2D eigenvalue weighted by molar-refractivity contribution is 0.306. The van der Waals surface area contributed by atoms with E-state index < -0.39 is 0 Å². The molecule has 0 aliphatic heterocycles. The van der Waals surface area contributed by atoms with Gasteiger partial charge in [-0.1, -0.05) is 34.6 Å². The molecule has 0 aromatic carbocycles. The summed E-state index contributed by atoms with van der Waals surface area (Å²) in [6, 6.07) is 0.515. The highest BCUT2D eigenvalue weighted by molar-refractivity contribution is 7.80. The van der Waals surface area contributed by atoms with Crippen molar-refractivity contribution >= 4 is 12.6 Å². The van der Waals surface area contributed by atoms with E-state index in [1.807, 2.05) is 20.9 Å². The summed E-state index contributed by atoms with van der Waals surface area (Å²) in [5, 5.41) is 3.22. The highest BCUT2D eigenvalue weighted by Gasteiger charge is 2.20. The molecule has 0 heterocycles. The molecule has 0 fully saturated rings. The molecule has 0 rings (SSSR count). The van der Waals surface area contributed by atoms with Crippen LogP contribution in [0.5, 0.6) is 0 Å². The number of hydrogen-bond acceptors (Lipinski definition) is 2. The molecule has 0 aromatic heterocycles. The van der Waals surface area contributed by atoms with Gasteiger partial charge in [-0.3, -0.25) is 0 Å². The SMILES string of the molecule is CC.CNC(CS)C(C)(C)C. The van der Waals surface area contributed by atoms with E-state index >= 15 is 0 Å². The first kappa shape index (κ1) is 13.9. The predicted octanol–water partition coefficient (Wildman–Crippen LogP) is 2.58. The van der Waals surface area contributed by atoms with Gasteiger partial charge in [-0.25, -0.2) is 0 Å². The minimum atomic E-state index is 0.330. The Labute approximate surface area is 77.4 Å². The number of rotatable bonds is 2. The molecule has 0 aliphatic rings. The van der Waals surface area contributed by atoms with Crippen molar-refractivity contribution in [3.05, 3.63) is 0 Å². The van der Waals surface area contributed by atoms with Crippen LogP contribution in [0.2, 0.25) is 0 Å². The van der Waals surface area contributed by atoms with Crippen LogP contribution in [0.3, 0.4) is 0 Å². The van der Waals surface area contributed by atoms with Crippen molar-refractivity contribution in [1.29, 1.82) is 0 Å². The number of nitrogens with one attached hydrogen (secondary N) is 1. The van der Waals surface area contributed by atoms with Crippen LogP contribution in [0.4, 0.5) is 0 Å². The van der Waals surface area contributed by atoms with Crippen LogP contribution in [0, 0.1) is 5.41 Å². The lowest BCUT2D eigenvalue weighted by atomic mass is 9.88. The zero-order valence-corrected chi connectivity index (χ0v) is 9.63. The van der Waals surface area contributed by atoms with Gasteiger partial charge in [-0.05, 0) is 12.5 Å². The molecule has 0 spiro atoms. The fourth-order valence-corrected chi connectivity index (χ4v) is 1.53. The second kappa shape index (κ2) is 6.99. The predicted molar refractivity (Wildman–Crippen MR) is 57.5 cm³/mol. The summed E-state index contributed by atoms with van der Waals surface area (Å²) in [5.41, 5.74) is 0.330. The van der Waals surface area contributed by atoms with Crippen molar-refractivity contribution in [1.82, 2.24) is 5.32 Å². The third-order valence-electron chi connectivity index (χ3n) is 1.58. The summed E-state index contributed by atoms with van der Waals surface area (Å²) in [5.74, 6) is 0.903. The van der Waals surface area contributed by atoms with Crippen LogP contribution in [0.25, 0.3) is 0 Å². The Morgan fingerprint density at radius 3 is 1.64 bits per heavy atom. The van der Waals surface area contributed by atoms with Gasteiger partial charge in [0.05, 0.1) is 0 Å². The average Bonchev–Trinajstić information content (AvgIpc) is 1.92. The normalized spacial score (nSPS) is 13.4. The summed E-state index contributed by atoms with van der Waals surface area (Å²) in [7, 11) is 1.98. The Balaban J connectivity index is 0. The Hall–Kier alpha value is 0.310. The van der Waals surface area contributed by atoms with Crippen LogP contribution in [0.15, 0.2) is 0 Å². The fraction of sp³-hybridized carbons (Fsp3) is 1.00. The molecule has 0 saturated carbocycles. The van der Waals surface area contributed by atoms with Gasteiger partial charge in [0, 0.05) is 11.8 Å². The molecule has 1 nitrogen and oxygen atoms in total. The smallest absolute Gasteiger partial charge is 0.0201 e. The van der Waals surface area contributed by atoms with Gasteiger partial charge in [0.25, 0.3) is 0 Å². The Morgan fingerprint density at radius 1 is 1.27 bits per heavy atom. The van der Waals surface area contributed by atoms with Crippen LogP contribution >= 0.6 is 12.6 Å². The molecule has 0 radical (unpaired) electrons. The summed E-state index contributed by atoms with van der Waals surface area (Å²) >= 11 is 4.23. The molecule has 0 aliphatic carbocycles. The Kier molecular flexibility index (Phi) is 8.81. The maximum absolute atomic E-state index is 4.23. The molecule has 0 saturated heterocycles. The second-order valence-electron chi connectivity index (χ2n) is 3.39. The highest BCUT2D eigenvalue weighted by atomic mass is 32.1. The van der Waals surface area contributed by atoms with Gasteiger partial charge in [-0.2, -0.15) is 12.6 Å². The van der Waals surface area contributed by atoms with E-state index in [1.54, 1.807) is 0 Å². The van der Waals surface area contributed by atoms with Crippen LogP contribution < -0.4 is 5.32 Å². The average molecular weight is 177 g/mol. The molecule has 1 N–H and O–H groups in total. The quantitative estimate of drug-likeness (QED) is 0.618. The molecule has 0 amide bonds. The molecule has 0 bridgehead atoms. The fourth-order valence-electron chi connectivity index (χ4n) is 0.798. The van der Waals surface area contributed by atoms with Crippen molar-refractivity contribution < 1.29 is 0 Å². The molecule has 1 unspecified atom stereocenters. The summed E-state index contributed by atoms with van der Waals surface area (Å²) in [6.07, 6.45) is 0. The van der Waals surface area contributed by atoms with Crippen molar-refractivity contribution in [3.63, 3.8) is 0 Å². The zero-order chi connectivity index (χ0) is 9.49. The highest BCUT2D eigenvalue weighted by Crippen LogP contribution is 2.19. The van der Waals surface area contributed by atoms with E-state index in [0.29, 0.717) is 11.5 Å². The van der Waals surface area contributed by atoms with Crippen molar-refractivity contribution in [3.8, 4) is 0 Å². The van der Waals surface area contributed by atoms with Gasteiger partial charge in [0.15, 0.2) is 0 Å². The lowest BCUT2D eigenvalue weighted by Crippen LogP contribution is -2.39. The van der Waals surface area contributed by atoms with E-state index in [1.165, 1.54) is 0 Å². The van der Waals surface area contributed by atoms with Crippen molar-refractivity contribution in [2.75, 3.05) is 12.8 Å². The first-order valence-electron chi connectivity index (χ1n) is 4.30. The first-order valence-corrected chi connectivity index (χ1v) is 4.93. The summed E-state index contributed by atoms with van der Waals surface area (Å²) < 4.78 is 0. The monoisotopic (exact) mass is 177 g/mol. The van der Waals surface area contributed by atoms with E-state index in [2.05, 4.69) is 38.7 Å². The molecular weight excluding hydrogens is 154 g/mol. The molecular formula is C9H23NS.